The fourth-order valence-corrected chi connectivity index (χ4v) is 4.41. The number of aryl methyl sites for hydroxylation is 1. The number of hydrogen-bond acceptors (Lipinski definition) is 5. The molecular weight excluding hydrogens is 402 g/mol. The van der Waals surface area contributed by atoms with E-state index in [1.54, 1.807) is 6.20 Å². The molecule has 1 saturated heterocycles. The third-order valence-corrected chi connectivity index (χ3v) is 6.39. The average molecular weight is 432 g/mol. The number of pyridine rings is 1. The van der Waals surface area contributed by atoms with Crippen molar-refractivity contribution in [2.75, 3.05) is 31.1 Å². The standard InChI is InChI=1S/C24H29N7O/c1-4-17(3)31-22-19(15-25-31)18(14-16(2)26-22)23(32)29-10-7-11-30(13-12-29)24-27-20-8-5-6-9-21(20)28-24/h5-6,8-9,14-15,17H,4,7,10-13H2,1-3H3,(H,27,28). The molecule has 0 saturated carbocycles. The summed E-state index contributed by atoms with van der Waals surface area (Å²) >= 11 is 0. The van der Waals surface area contributed by atoms with Gasteiger partial charge in [0.15, 0.2) is 5.65 Å². The zero-order valence-corrected chi connectivity index (χ0v) is 18.9. The van der Waals surface area contributed by atoms with E-state index in [1.165, 1.54) is 0 Å². The molecule has 0 radical (unpaired) electrons. The van der Waals surface area contributed by atoms with Crippen molar-refractivity contribution in [2.45, 2.75) is 39.7 Å². The molecule has 4 aromatic rings. The van der Waals surface area contributed by atoms with Gasteiger partial charge >= 0.3 is 0 Å². The maximum absolute atomic E-state index is 13.6. The normalized spacial score (nSPS) is 16.0. The largest absolute Gasteiger partial charge is 0.341 e. The highest BCUT2D eigenvalue weighted by Crippen LogP contribution is 2.24. The predicted octanol–water partition coefficient (Wildman–Crippen LogP) is 3.94. The molecule has 0 spiro atoms. The molecule has 1 atom stereocenters. The van der Waals surface area contributed by atoms with Crippen molar-refractivity contribution in [1.29, 1.82) is 0 Å². The molecule has 0 aliphatic carbocycles. The number of aromatic amines is 1. The van der Waals surface area contributed by atoms with Crippen molar-refractivity contribution in [2.24, 2.45) is 0 Å². The number of carbonyl (C=O) groups is 1. The second kappa shape index (κ2) is 8.26. The minimum atomic E-state index is 0.0515. The van der Waals surface area contributed by atoms with Crippen LogP contribution in [-0.2, 0) is 0 Å². The molecule has 8 heteroatoms. The topological polar surface area (TPSA) is 82.9 Å². The molecule has 0 bridgehead atoms. The SMILES string of the molecule is CCC(C)n1ncc2c(C(=O)N3CCCN(c4nc5ccccc5[nH]4)CC3)cc(C)nc21. The van der Waals surface area contributed by atoms with Gasteiger partial charge in [-0.2, -0.15) is 5.10 Å². The van der Waals surface area contributed by atoms with Crippen LogP contribution in [0.4, 0.5) is 5.95 Å². The van der Waals surface area contributed by atoms with Crippen LogP contribution in [0.2, 0.25) is 0 Å². The van der Waals surface area contributed by atoms with Gasteiger partial charge in [-0.15, -0.1) is 0 Å². The van der Waals surface area contributed by atoms with Crippen LogP contribution in [0.25, 0.3) is 22.1 Å². The zero-order valence-electron chi connectivity index (χ0n) is 18.9. The average Bonchev–Trinajstić information content (AvgIpc) is 3.34. The predicted molar refractivity (Wildman–Crippen MR) is 126 cm³/mol. The Labute approximate surface area is 187 Å². The Balaban J connectivity index is 1.39. The molecule has 32 heavy (non-hydrogen) atoms. The highest BCUT2D eigenvalue weighted by atomic mass is 16.2. The van der Waals surface area contributed by atoms with E-state index in [1.807, 2.05) is 46.8 Å². The number of nitrogens with one attached hydrogen (secondary N) is 1. The molecule has 8 nitrogen and oxygen atoms in total. The molecule has 1 N–H and O–H groups in total. The number of hydrogen-bond donors (Lipinski definition) is 1. The Morgan fingerprint density at radius 3 is 2.81 bits per heavy atom. The lowest BCUT2D eigenvalue weighted by atomic mass is 10.1. The van der Waals surface area contributed by atoms with Crippen LogP contribution in [-0.4, -0.2) is 61.7 Å². The van der Waals surface area contributed by atoms with Crippen LogP contribution in [0, 0.1) is 6.92 Å². The number of H-pyrrole nitrogens is 1. The molecule has 166 valence electrons. The number of amides is 1. The highest BCUT2D eigenvalue weighted by molar-refractivity contribution is 6.05. The van der Waals surface area contributed by atoms with Crippen LogP contribution in [0.1, 0.15) is 48.8 Å². The number of aromatic nitrogens is 5. The summed E-state index contributed by atoms with van der Waals surface area (Å²) in [6, 6.07) is 10.2. The van der Waals surface area contributed by atoms with Crippen molar-refractivity contribution in [3.05, 3.63) is 47.8 Å². The number of rotatable bonds is 4. The molecule has 4 heterocycles. The number of nitrogens with zero attached hydrogens (tertiary/aromatic N) is 6. The number of anilines is 1. The number of carbonyl (C=O) groups excluding carboxylic acids is 1. The summed E-state index contributed by atoms with van der Waals surface area (Å²) in [5.41, 5.74) is 4.32. The van der Waals surface area contributed by atoms with Crippen molar-refractivity contribution in [3.63, 3.8) is 0 Å². The third-order valence-electron chi connectivity index (χ3n) is 6.39. The minimum Gasteiger partial charge on any atom is -0.341 e. The molecule has 5 rings (SSSR count). The summed E-state index contributed by atoms with van der Waals surface area (Å²) in [6.07, 6.45) is 3.64. The summed E-state index contributed by atoms with van der Waals surface area (Å²) < 4.78 is 1.94. The molecule has 1 amide bonds. The van der Waals surface area contributed by atoms with Crippen LogP contribution >= 0.6 is 0 Å². The lowest BCUT2D eigenvalue weighted by Crippen LogP contribution is -2.35. The molecule has 3 aromatic heterocycles. The van der Waals surface area contributed by atoms with Gasteiger partial charge < -0.3 is 14.8 Å². The van der Waals surface area contributed by atoms with Gasteiger partial charge in [-0.1, -0.05) is 19.1 Å². The number of benzene rings is 1. The Kier molecular flexibility index (Phi) is 5.28. The summed E-state index contributed by atoms with van der Waals surface area (Å²) in [6.45, 7) is 9.17. The quantitative estimate of drug-likeness (QED) is 0.529. The number of fused-ring (bicyclic) bond motifs is 2. The van der Waals surface area contributed by atoms with Crippen molar-refractivity contribution in [1.82, 2.24) is 29.6 Å². The van der Waals surface area contributed by atoms with Crippen LogP contribution in [0.5, 0.6) is 0 Å². The van der Waals surface area contributed by atoms with Gasteiger partial charge in [-0.25, -0.2) is 14.6 Å². The van der Waals surface area contributed by atoms with Crippen LogP contribution in [0.3, 0.4) is 0 Å². The first-order chi connectivity index (χ1) is 15.5. The third kappa shape index (κ3) is 3.59. The Morgan fingerprint density at radius 1 is 1.16 bits per heavy atom. The first-order valence-corrected chi connectivity index (χ1v) is 11.4. The smallest absolute Gasteiger partial charge is 0.254 e. The van der Waals surface area contributed by atoms with Crippen molar-refractivity contribution >= 4 is 33.9 Å². The van der Waals surface area contributed by atoms with Gasteiger partial charge in [0.25, 0.3) is 5.91 Å². The van der Waals surface area contributed by atoms with E-state index in [0.717, 1.165) is 66.2 Å². The summed E-state index contributed by atoms with van der Waals surface area (Å²) in [5.74, 6) is 0.924. The lowest BCUT2D eigenvalue weighted by molar-refractivity contribution is 0.0768. The van der Waals surface area contributed by atoms with E-state index in [2.05, 4.69) is 28.8 Å². The molecule has 1 aliphatic rings. The Bertz CT molecular complexity index is 1240. The van der Waals surface area contributed by atoms with Gasteiger partial charge in [0.2, 0.25) is 5.95 Å². The van der Waals surface area contributed by atoms with E-state index in [9.17, 15) is 4.79 Å². The second-order valence-electron chi connectivity index (χ2n) is 8.61. The van der Waals surface area contributed by atoms with Gasteiger partial charge in [-0.3, -0.25) is 4.79 Å². The fraction of sp³-hybridized carbons (Fsp3) is 0.417. The van der Waals surface area contributed by atoms with E-state index >= 15 is 0 Å². The van der Waals surface area contributed by atoms with Gasteiger partial charge in [0.05, 0.1) is 34.2 Å². The fourth-order valence-electron chi connectivity index (χ4n) is 4.41. The van der Waals surface area contributed by atoms with E-state index in [-0.39, 0.29) is 11.9 Å². The molecule has 1 unspecified atom stereocenters. The van der Waals surface area contributed by atoms with E-state index in [0.29, 0.717) is 12.1 Å². The maximum atomic E-state index is 13.6. The van der Waals surface area contributed by atoms with E-state index in [4.69, 9.17) is 9.97 Å². The second-order valence-corrected chi connectivity index (χ2v) is 8.61. The van der Waals surface area contributed by atoms with E-state index < -0.39 is 0 Å². The molecular formula is C24H29N7O. The maximum Gasteiger partial charge on any atom is 0.254 e. The Morgan fingerprint density at radius 2 is 2.00 bits per heavy atom. The molecule has 1 aromatic carbocycles. The van der Waals surface area contributed by atoms with Crippen molar-refractivity contribution in [3.8, 4) is 0 Å². The van der Waals surface area contributed by atoms with Gasteiger partial charge in [0, 0.05) is 31.9 Å². The summed E-state index contributed by atoms with van der Waals surface area (Å²) in [5, 5.41) is 5.38. The van der Waals surface area contributed by atoms with Gasteiger partial charge in [0.1, 0.15) is 0 Å². The summed E-state index contributed by atoms with van der Waals surface area (Å²) in [7, 11) is 0. The highest BCUT2D eigenvalue weighted by Gasteiger charge is 2.25. The first kappa shape index (κ1) is 20.5. The van der Waals surface area contributed by atoms with Gasteiger partial charge in [-0.05, 0) is 44.9 Å². The van der Waals surface area contributed by atoms with Crippen LogP contribution < -0.4 is 4.90 Å². The summed E-state index contributed by atoms with van der Waals surface area (Å²) in [4.78, 5) is 30.6. The zero-order chi connectivity index (χ0) is 22.2. The Hall–Kier alpha value is -3.42. The first-order valence-electron chi connectivity index (χ1n) is 11.4. The molecule has 1 fully saturated rings. The number of imidazole rings is 1. The van der Waals surface area contributed by atoms with Crippen LogP contribution in [0.15, 0.2) is 36.5 Å². The molecule has 1 aliphatic heterocycles. The van der Waals surface area contributed by atoms with Crippen molar-refractivity contribution < 1.29 is 4.79 Å². The minimum absolute atomic E-state index is 0.0515. The lowest BCUT2D eigenvalue weighted by Gasteiger charge is -2.22. The number of para-hydroxylation sites is 2. The monoisotopic (exact) mass is 431 g/mol.